The van der Waals surface area contributed by atoms with Crippen LogP contribution < -0.4 is 5.32 Å². The quantitative estimate of drug-likeness (QED) is 0.810. The van der Waals surface area contributed by atoms with Gasteiger partial charge in [-0.15, -0.1) is 0 Å². The number of aryl methyl sites for hydroxylation is 1. The fourth-order valence-corrected chi connectivity index (χ4v) is 2.59. The molecule has 0 bridgehead atoms. The summed E-state index contributed by atoms with van der Waals surface area (Å²) in [7, 11) is 0. The van der Waals surface area contributed by atoms with Gasteiger partial charge in [0, 0.05) is 5.75 Å². The Bertz CT molecular complexity index is 420. The summed E-state index contributed by atoms with van der Waals surface area (Å²) in [6.07, 6.45) is 0. The molecular weight excluding hydrogens is 223 g/mol. The van der Waals surface area contributed by atoms with Gasteiger partial charge in [0.1, 0.15) is 5.82 Å². The monoisotopic (exact) mass is 238 g/mol. The van der Waals surface area contributed by atoms with E-state index in [4.69, 9.17) is 0 Å². The van der Waals surface area contributed by atoms with Crippen LogP contribution in [0.25, 0.3) is 0 Å². The predicted molar refractivity (Wildman–Crippen MR) is 68.7 cm³/mol. The van der Waals surface area contributed by atoms with Gasteiger partial charge in [0.15, 0.2) is 5.17 Å². The van der Waals surface area contributed by atoms with E-state index in [9.17, 15) is 4.39 Å². The summed E-state index contributed by atoms with van der Waals surface area (Å²) in [4.78, 5) is 4.50. The number of para-hydroxylation sites is 1. The fraction of sp³-hybridized carbons (Fsp3) is 0.417. The number of rotatable bonds is 1. The molecule has 16 heavy (non-hydrogen) atoms. The van der Waals surface area contributed by atoms with E-state index in [1.807, 2.05) is 13.0 Å². The molecule has 2 rings (SSSR count). The van der Waals surface area contributed by atoms with Crippen LogP contribution in [0.3, 0.4) is 0 Å². The molecule has 0 aromatic heterocycles. The Morgan fingerprint density at radius 2 is 2.19 bits per heavy atom. The molecule has 4 heteroatoms. The summed E-state index contributed by atoms with van der Waals surface area (Å²) in [5.41, 5.74) is 1.38. The Morgan fingerprint density at radius 3 is 2.75 bits per heavy atom. The van der Waals surface area contributed by atoms with Crippen molar-refractivity contribution in [2.45, 2.75) is 26.3 Å². The van der Waals surface area contributed by atoms with E-state index in [0.717, 1.165) is 16.5 Å². The van der Waals surface area contributed by atoms with Gasteiger partial charge in [0.25, 0.3) is 0 Å². The number of thioether (sulfide) groups is 1. The number of anilines is 1. The Kier molecular flexibility index (Phi) is 2.93. The fourth-order valence-electron chi connectivity index (χ4n) is 1.55. The molecule has 0 aliphatic carbocycles. The normalized spacial score (nSPS) is 18.4. The lowest BCUT2D eigenvalue weighted by molar-refractivity contribution is 0.604. The first-order valence-electron chi connectivity index (χ1n) is 5.23. The van der Waals surface area contributed by atoms with Crippen LogP contribution in [0.4, 0.5) is 10.1 Å². The van der Waals surface area contributed by atoms with Crippen molar-refractivity contribution < 1.29 is 4.39 Å². The lowest BCUT2D eigenvalue weighted by atomic mass is 10.1. The highest BCUT2D eigenvalue weighted by Gasteiger charge is 2.25. The molecule has 0 radical (unpaired) electrons. The molecule has 0 saturated carbocycles. The lowest BCUT2D eigenvalue weighted by Crippen LogP contribution is -2.15. The maximum absolute atomic E-state index is 13.6. The molecule has 0 spiro atoms. The average molecular weight is 238 g/mol. The van der Waals surface area contributed by atoms with Crippen molar-refractivity contribution in [3.8, 4) is 0 Å². The van der Waals surface area contributed by atoms with Gasteiger partial charge in [-0.3, -0.25) is 4.99 Å². The van der Waals surface area contributed by atoms with E-state index >= 15 is 0 Å². The number of hydrogen-bond acceptors (Lipinski definition) is 3. The third-order valence-corrected chi connectivity index (χ3v) is 3.74. The first-order valence-corrected chi connectivity index (χ1v) is 6.21. The van der Waals surface area contributed by atoms with E-state index in [0.29, 0.717) is 5.69 Å². The van der Waals surface area contributed by atoms with Crippen LogP contribution in [-0.4, -0.2) is 16.5 Å². The molecule has 0 unspecified atom stereocenters. The molecule has 1 aromatic carbocycles. The van der Waals surface area contributed by atoms with Gasteiger partial charge in [-0.25, -0.2) is 4.39 Å². The highest BCUT2D eigenvalue weighted by atomic mass is 32.2. The first kappa shape index (κ1) is 11.5. The zero-order chi connectivity index (χ0) is 11.8. The van der Waals surface area contributed by atoms with Crippen molar-refractivity contribution in [1.82, 2.24) is 0 Å². The summed E-state index contributed by atoms with van der Waals surface area (Å²) >= 11 is 1.63. The number of aliphatic imine (C=N–C) groups is 1. The average Bonchev–Trinajstić information content (AvgIpc) is 2.52. The lowest BCUT2D eigenvalue weighted by Gasteiger charge is -2.10. The molecule has 1 N–H and O–H groups in total. The third kappa shape index (κ3) is 2.38. The number of nitrogens with zero attached hydrogens (tertiary/aromatic N) is 1. The largest absolute Gasteiger partial charge is 0.332 e. The van der Waals surface area contributed by atoms with Crippen LogP contribution in [0, 0.1) is 12.7 Å². The smallest absolute Gasteiger partial charge is 0.161 e. The van der Waals surface area contributed by atoms with E-state index < -0.39 is 0 Å². The highest BCUT2D eigenvalue weighted by molar-refractivity contribution is 8.14. The molecule has 1 aliphatic heterocycles. The van der Waals surface area contributed by atoms with Gasteiger partial charge in [0.2, 0.25) is 0 Å². The predicted octanol–water partition coefficient (Wildman–Crippen LogP) is 3.43. The Hall–Kier alpha value is -1.03. The summed E-state index contributed by atoms with van der Waals surface area (Å²) in [6.45, 7) is 6.03. The Labute approximate surface area is 99.3 Å². The summed E-state index contributed by atoms with van der Waals surface area (Å²) < 4.78 is 13.6. The molecule has 86 valence electrons. The second-order valence-electron chi connectivity index (χ2n) is 4.57. The van der Waals surface area contributed by atoms with Crippen LogP contribution in [0.2, 0.25) is 0 Å². The van der Waals surface area contributed by atoms with Gasteiger partial charge in [-0.2, -0.15) is 0 Å². The zero-order valence-corrected chi connectivity index (χ0v) is 10.5. The molecule has 0 atom stereocenters. The minimum Gasteiger partial charge on any atom is -0.332 e. The highest BCUT2D eigenvalue weighted by Crippen LogP contribution is 2.29. The van der Waals surface area contributed by atoms with Crippen LogP contribution in [0.5, 0.6) is 0 Å². The topological polar surface area (TPSA) is 24.4 Å². The van der Waals surface area contributed by atoms with E-state index in [1.54, 1.807) is 17.8 Å². The number of benzene rings is 1. The number of halogens is 1. The molecular formula is C12H15FN2S. The van der Waals surface area contributed by atoms with Crippen molar-refractivity contribution in [2.75, 3.05) is 11.1 Å². The maximum atomic E-state index is 13.6. The van der Waals surface area contributed by atoms with Crippen LogP contribution in [-0.2, 0) is 0 Å². The van der Waals surface area contributed by atoms with Gasteiger partial charge < -0.3 is 5.32 Å². The molecule has 1 aromatic rings. The molecule has 0 amide bonds. The second kappa shape index (κ2) is 4.09. The minimum absolute atomic E-state index is 0.0494. The Morgan fingerprint density at radius 1 is 1.44 bits per heavy atom. The maximum Gasteiger partial charge on any atom is 0.161 e. The van der Waals surface area contributed by atoms with Gasteiger partial charge in [-0.05, 0) is 32.4 Å². The van der Waals surface area contributed by atoms with Crippen molar-refractivity contribution in [3.63, 3.8) is 0 Å². The number of amidine groups is 1. The summed E-state index contributed by atoms with van der Waals surface area (Å²) in [6, 6.07) is 5.06. The number of nitrogens with one attached hydrogen (secondary N) is 1. The Balaban J connectivity index is 2.23. The summed E-state index contributed by atoms with van der Waals surface area (Å²) in [5, 5.41) is 3.87. The number of hydrogen-bond donors (Lipinski definition) is 1. The summed E-state index contributed by atoms with van der Waals surface area (Å²) in [5.74, 6) is 0.705. The standard InChI is InChI=1S/C12H15FN2S/c1-8-5-4-6-9(13)10(8)14-11-15-12(2,3)7-16-11/h4-6H,7H2,1-3H3,(H,14,15). The van der Waals surface area contributed by atoms with Crippen molar-refractivity contribution in [2.24, 2.45) is 4.99 Å². The van der Waals surface area contributed by atoms with Gasteiger partial charge >= 0.3 is 0 Å². The van der Waals surface area contributed by atoms with E-state index in [-0.39, 0.29) is 11.4 Å². The third-order valence-electron chi connectivity index (χ3n) is 2.42. The second-order valence-corrected chi connectivity index (χ2v) is 5.54. The molecule has 0 fully saturated rings. The first-order chi connectivity index (χ1) is 7.48. The minimum atomic E-state index is -0.229. The molecule has 1 aliphatic rings. The van der Waals surface area contributed by atoms with Crippen LogP contribution in [0.15, 0.2) is 23.2 Å². The van der Waals surface area contributed by atoms with Gasteiger partial charge in [0.05, 0.1) is 11.2 Å². The SMILES string of the molecule is Cc1cccc(F)c1NC1=NC(C)(C)CS1. The van der Waals surface area contributed by atoms with Crippen molar-refractivity contribution >= 4 is 22.6 Å². The van der Waals surface area contributed by atoms with Crippen LogP contribution in [0.1, 0.15) is 19.4 Å². The molecule has 2 nitrogen and oxygen atoms in total. The van der Waals surface area contributed by atoms with E-state index in [2.05, 4.69) is 24.2 Å². The van der Waals surface area contributed by atoms with Gasteiger partial charge in [-0.1, -0.05) is 23.9 Å². The van der Waals surface area contributed by atoms with E-state index in [1.165, 1.54) is 6.07 Å². The van der Waals surface area contributed by atoms with Crippen LogP contribution >= 0.6 is 11.8 Å². The van der Waals surface area contributed by atoms with Crippen molar-refractivity contribution in [1.29, 1.82) is 0 Å². The van der Waals surface area contributed by atoms with Crippen molar-refractivity contribution in [3.05, 3.63) is 29.6 Å². The molecule has 0 saturated heterocycles. The zero-order valence-electron chi connectivity index (χ0n) is 9.67. The molecule has 1 heterocycles.